The van der Waals surface area contributed by atoms with Crippen molar-refractivity contribution in [3.05, 3.63) is 24.2 Å². The van der Waals surface area contributed by atoms with E-state index < -0.39 is 0 Å². The molecular formula is C8H7NO3S. The van der Waals surface area contributed by atoms with E-state index in [2.05, 4.69) is 5.32 Å². The van der Waals surface area contributed by atoms with Crippen LogP contribution in [0, 0.1) is 0 Å². The standard InChI is InChI=1S/C8H7NO3S/c10-7-6(13-8(11)9-7)3-5-1-2-12-4-5/h1-2,4,6H,3H2,(H,9,10,11). The van der Waals surface area contributed by atoms with Crippen LogP contribution in [0.1, 0.15) is 5.56 Å². The summed E-state index contributed by atoms with van der Waals surface area (Å²) in [6.07, 6.45) is 3.67. The number of nitrogens with one attached hydrogen (secondary N) is 1. The maximum atomic E-state index is 11.1. The molecule has 0 saturated carbocycles. The van der Waals surface area contributed by atoms with E-state index in [9.17, 15) is 9.59 Å². The fourth-order valence-electron chi connectivity index (χ4n) is 1.15. The van der Waals surface area contributed by atoms with Crippen LogP contribution in [0.4, 0.5) is 4.79 Å². The number of carbonyl (C=O) groups is 2. The quantitative estimate of drug-likeness (QED) is 0.773. The van der Waals surface area contributed by atoms with E-state index in [1.165, 1.54) is 0 Å². The Hall–Kier alpha value is -1.23. The first-order chi connectivity index (χ1) is 6.25. The molecule has 1 aromatic heterocycles. The van der Waals surface area contributed by atoms with Crippen molar-refractivity contribution in [3.8, 4) is 0 Å². The van der Waals surface area contributed by atoms with Crippen molar-refractivity contribution in [1.82, 2.24) is 5.32 Å². The lowest BCUT2D eigenvalue weighted by Crippen LogP contribution is -2.25. The third kappa shape index (κ3) is 1.75. The van der Waals surface area contributed by atoms with Gasteiger partial charge in [0.15, 0.2) is 0 Å². The molecule has 0 aromatic carbocycles. The number of rotatable bonds is 2. The lowest BCUT2D eigenvalue weighted by Gasteiger charge is -2.00. The predicted molar refractivity (Wildman–Crippen MR) is 47.3 cm³/mol. The number of furan rings is 1. The Morgan fingerprint density at radius 3 is 2.92 bits per heavy atom. The number of imide groups is 1. The summed E-state index contributed by atoms with van der Waals surface area (Å²) < 4.78 is 4.86. The zero-order valence-corrected chi connectivity index (χ0v) is 7.47. The molecule has 68 valence electrons. The van der Waals surface area contributed by atoms with E-state index in [-0.39, 0.29) is 16.4 Å². The molecule has 0 bridgehead atoms. The topological polar surface area (TPSA) is 59.3 Å². The second kappa shape index (κ2) is 3.26. The first-order valence-electron chi connectivity index (χ1n) is 3.78. The molecule has 0 radical (unpaired) electrons. The van der Waals surface area contributed by atoms with Crippen LogP contribution >= 0.6 is 11.8 Å². The van der Waals surface area contributed by atoms with Gasteiger partial charge in [-0.3, -0.25) is 14.9 Å². The van der Waals surface area contributed by atoms with Crippen LogP contribution in [0.15, 0.2) is 23.0 Å². The fourth-order valence-corrected chi connectivity index (χ4v) is 2.01. The summed E-state index contributed by atoms with van der Waals surface area (Å²) in [5, 5.41) is 1.67. The molecule has 1 aliphatic rings. The predicted octanol–water partition coefficient (Wildman–Crippen LogP) is 1.17. The van der Waals surface area contributed by atoms with Crippen LogP contribution < -0.4 is 5.32 Å². The number of amides is 2. The molecule has 1 N–H and O–H groups in total. The molecule has 2 heterocycles. The molecule has 1 aromatic rings. The van der Waals surface area contributed by atoms with Gasteiger partial charge in [0.2, 0.25) is 5.91 Å². The van der Waals surface area contributed by atoms with Crippen molar-refractivity contribution in [2.24, 2.45) is 0 Å². The minimum absolute atomic E-state index is 0.212. The van der Waals surface area contributed by atoms with Gasteiger partial charge in [0, 0.05) is 0 Å². The van der Waals surface area contributed by atoms with Crippen molar-refractivity contribution < 1.29 is 14.0 Å². The fraction of sp³-hybridized carbons (Fsp3) is 0.250. The maximum Gasteiger partial charge on any atom is 0.286 e. The number of carbonyl (C=O) groups excluding carboxylic acids is 2. The molecule has 13 heavy (non-hydrogen) atoms. The summed E-state index contributed by atoms with van der Waals surface area (Å²) in [7, 11) is 0. The Balaban J connectivity index is 2.03. The van der Waals surface area contributed by atoms with E-state index in [0.29, 0.717) is 6.42 Å². The van der Waals surface area contributed by atoms with Crippen LogP contribution in [-0.4, -0.2) is 16.4 Å². The summed E-state index contributed by atoms with van der Waals surface area (Å²) in [6.45, 7) is 0. The van der Waals surface area contributed by atoms with E-state index in [4.69, 9.17) is 4.42 Å². The second-order valence-corrected chi connectivity index (χ2v) is 3.89. The molecule has 0 aliphatic carbocycles. The first kappa shape index (κ1) is 8.37. The Kier molecular flexibility index (Phi) is 2.10. The molecule has 1 saturated heterocycles. The maximum absolute atomic E-state index is 11.1. The van der Waals surface area contributed by atoms with Gasteiger partial charge in [0.25, 0.3) is 5.24 Å². The lowest BCUT2D eigenvalue weighted by atomic mass is 10.2. The first-order valence-corrected chi connectivity index (χ1v) is 4.66. The molecule has 1 fully saturated rings. The van der Waals surface area contributed by atoms with Gasteiger partial charge in [-0.15, -0.1) is 0 Å². The van der Waals surface area contributed by atoms with Crippen LogP contribution in [0.5, 0.6) is 0 Å². The average molecular weight is 197 g/mol. The monoisotopic (exact) mass is 197 g/mol. The van der Waals surface area contributed by atoms with E-state index in [1.807, 2.05) is 0 Å². The molecule has 5 heteroatoms. The number of hydrogen-bond acceptors (Lipinski definition) is 4. The number of thioether (sulfide) groups is 1. The van der Waals surface area contributed by atoms with Crippen LogP contribution in [0.3, 0.4) is 0 Å². The molecule has 1 unspecified atom stereocenters. The van der Waals surface area contributed by atoms with Crippen molar-refractivity contribution in [2.75, 3.05) is 0 Å². The highest BCUT2D eigenvalue weighted by molar-refractivity contribution is 8.15. The Morgan fingerprint density at radius 1 is 1.54 bits per heavy atom. The van der Waals surface area contributed by atoms with Gasteiger partial charge in [-0.1, -0.05) is 11.8 Å². The van der Waals surface area contributed by atoms with Gasteiger partial charge in [-0.25, -0.2) is 0 Å². The van der Waals surface area contributed by atoms with Gasteiger partial charge in [0.1, 0.15) is 0 Å². The van der Waals surface area contributed by atoms with Gasteiger partial charge in [-0.2, -0.15) is 0 Å². The normalized spacial score (nSPS) is 22.0. The Morgan fingerprint density at radius 2 is 2.38 bits per heavy atom. The van der Waals surface area contributed by atoms with E-state index in [0.717, 1.165) is 17.3 Å². The molecule has 2 rings (SSSR count). The molecule has 2 amide bonds. The summed E-state index contributed by atoms with van der Waals surface area (Å²) in [4.78, 5) is 21.9. The molecular weight excluding hydrogens is 190 g/mol. The smallest absolute Gasteiger partial charge is 0.286 e. The van der Waals surface area contributed by atoms with Crippen molar-refractivity contribution in [1.29, 1.82) is 0 Å². The van der Waals surface area contributed by atoms with E-state index in [1.54, 1.807) is 18.6 Å². The van der Waals surface area contributed by atoms with Crippen LogP contribution in [-0.2, 0) is 11.2 Å². The van der Waals surface area contributed by atoms with Crippen molar-refractivity contribution in [2.45, 2.75) is 11.7 Å². The summed E-state index contributed by atoms with van der Waals surface area (Å²) >= 11 is 1.03. The summed E-state index contributed by atoms with van der Waals surface area (Å²) in [5.41, 5.74) is 0.933. The van der Waals surface area contributed by atoms with Crippen LogP contribution in [0.2, 0.25) is 0 Å². The van der Waals surface area contributed by atoms with Crippen molar-refractivity contribution >= 4 is 22.9 Å². The molecule has 1 aliphatic heterocycles. The van der Waals surface area contributed by atoms with E-state index >= 15 is 0 Å². The third-order valence-corrected chi connectivity index (χ3v) is 2.75. The zero-order chi connectivity index (χ0) is 9.26. The lowest BCUT2D eigenvalue weighted by molar-refractivity contribution is -0.118. The van der Waals surface area contributed by atoms with Crippen LogP contribution in [0.25, 0.3) is 0 Å². The van der Waals surface area contributed by atoms with Gasteiger partial charge in [0.05, 0.1) is 17.8 Å². The number of hydrogen-bond donors (Lipinski definition) is 1. The zero-order valence-electron chi connectivity index (χ0n) is 6.65. The summed E-state index contributed by atoms with van der Waals surface area (Å²) in [6, 6.07) is 1.79. The highest BCUT2D eigenvalue weighted by Gasteiger charge is 2.31. The van der Waals surface area contributed by atoms with Gasteiger partial charge < -0.3 is 4.42 Å². The minimum atomic E-state index is -0.301. The van der Waals surface area contributed by atoms with Crippen molar-refractivity contribution in [3.63, 3.8) is 0 Å². The molecule has 1 atom stereocenters. The Labute approximate surface area is 78.7 Å². The second-order valence-electron chi connectivity index (χ2n) is 2.72. The van der Waals surface area contributed by atoms with Gasteiger partial charge >= 0.3 is 0 Å². The molecule has 0 spiro atoms. The molecule has 4 nitrogen and oxygen atoms in total. The average Bonchev–Trinajstić information content (AvgIpc) is 2.63. The highest BCUT2D eigenvalue weighted by atomic mass is 32.2. The largest absolute Gasteiger partial charge is 0.472 e. The minimum Gasteiger partial charge on any atom is -0.472 e. The summed E-state index contributed by atoms with van der Waals surface area (Å²) in [5.74, 6) is -0.212. The highest BCUT2D eigenvalue weighted by Crippen LogP contribution is 2.22. The van der Waals surface area contributed by atoms with Gasteiger partial charge in [-0.05, 0) is 18.1 Å². The third-order valence-electron chi connectivity index (χ3n) is 1.77. The SMILES string of the molecule is O=C1NC(=O)C(Cc2ccoc2)S1. The Bertz CT molecular complexity index is 333.